The Kier molecular flexibility index (Phi) is 6.62. The summed E-state index contributed by atoms with van der Waals surface area (Å²) in [6.45, 7) is 6.62. The summed E-state index contributed by atoms with van der Waals surface area (Å²) in [7, 11) is 0. The van der Waals surface area contributed by atoms with Gasteiger partial charge in [0.2, 0.25) is 5.91 Å². The van der Waals surface area contributed by atoms with Gasteiger partial charge in [0.25, 0.3) is 0 Å². The van der Waals surface area contributed by atoms with Crippen molar-refractivity contribution in [3.63, 3.8) is 0 Å². The molecule has 1 aromatic rings. The molecule has 4 nitrogen and oxygen atoms in total. The first kappa shape index (κ1) is 17.4. The number of amides is 1. The Hall–Kier alpha value is -1.62. The van der Waals surface area contributed by atoms with E-state index >= 15 is 0 Å². The molecule has 3 N–H and O–H groups in total. The van der Waals surface area contributed by atoms with E-state index in [0.717, 1.165) is 6.42 Å². The van der Waals surface area contributed by atoms with Crippen LogP contribution in [0.3, 0.4) is 0 Å². The second kappa shape index (κ2) is 7.98. The highest BCUT2D eigenvalue weighted by atomic mass is 19.1. The molecule has 0 bridgehead atoms. The van der Waals surface area contributed by atoms with Gasteiger partial charge in [0.1, 0.15) is 0 Å². The van der Waals surface area contributed by atoms with E-state index in [1.54, 1.807) is 12.1 Å². The lowest BCUT2D eigenvalue weighted by molar-refractivity contribution is -0.123. The third-order valence-electron chi connectivity index (χ3n) is 3.17. The van der Waals surface area contributed by atoms with Crippen molar-refractivity contribution in [3.05, 3.63) is 30.1 Å². The molecule has 21 heavy (non-hydrogen) atoms. The third-order valence-corrected chi connectivity index (χ3v) is 3.17. The first-order chi connectivity index (χ1) is 9.86. The van der Waals surface area contributed by atoms with E-state index < -0.39 is 11.4 Å². The van der Waals surface area contributed by atoms with Crippen molar-refractivity contribution in [3.8, 4) is 5.75 Å². The first-order valence-electron chi connectivity index (χ1n) is 7.25. The summed E-state index contributed by atoms with van der Waals surface area (Å²) in [4.78, 5) is 11.9. The average Bonchev–Trinajstić information content (AvgIpc) is 2.40. The topological polar surface area (TPSA) is 64.3 Å². The van der Waals surface area contributed by atoms with Crippen LogP contribution in [0.1, 0.15) is 33.6 Å². The van der Waals surface area contributed by atoms with E-state index in [4.69, 9.17) is 10.5 Å². The SMILES string of the molecule is CC(C)CC(C)(CN)NC(=O)CCOc1ccccc1F. The molecule has 1 unspecified atom stereocenters. The normalized spacial score (nSPS) is 13.8. The molecule has 0 saturated carbocycles. The maximum atomic E-state index is 13.3. The van der Waals surface area contributed by atoms with Crippen molar-refractivity contribution in [1.29, 1.82) is 0 Å². The van der Waals surface area contributed by atoms with Gasteiger partial charge in [-0.05, 0) is 31.4 Å². The van der Waals surface area contributed by atoms with E-state index in [2.05, 4.69) is 19.2 Å². The molecule has 0 aliphatic carbocycles. The third kappa shape index (κ3) is 6.12. The van der Waals surface area contributed by atoms with E-state index in [1.165, 1.54) is 12.1 Å². The predicted molar refractivity (Wildman–Crippen MR) is 81.6 cm³/mol. The Bertz CT molecular complexity index is 465. The van der Waals surface area contributed by atoms with Crippen LogP contribution in [-0.2, 0) is 4.79 Å². The number of carbonyl (C=O) groups is 1. The zero-order valence-corrected chi connectivity index (χ0v) is 13.0. The minimum absolute atomic E-state index is 0.134. The van der Waals surface area contributed by atoms with Gasteiger partial charge in [-0.15, -0.1) is 0 Å². The quantitative estimate of drug-likeness (QED) is 0.774. The minimum Gasteiger partial charge on any atom is -0.490 e. The number of para-hydroxylation sites is 1. The summed E-state index contributed by atoms with van der Waals surface area (Å²) in [5.74, 6) is 0.0343. The summed E-state index contributed by atoms with van der Waals surface area (Å²) in [6.07, 6.45) is 0.978. The Balaban J connectivity index is 2.42. The molecule has 0 aromatic heterocycles. The number of halogens is 1. The molecule has 0 aliphatic heterocycles. The number of hydrogen-bond acceptors (Lipinski definition) is 3. The number of ether oxygens (including phenoxy) is 1. The highest BCUT2D eigenvalue weighted by Gasteiger charge is 2.25. The highest BCUT2D eigenvalue weighted by Crippen LogP contribution is 2.17. The van der Waals surface area contributed by atoms with E-state index in [0.29, 0.717) is 12.5 Å². The summed E-state index contributed by atoms with van der Waals surface area (Å²) >= 11 is 0. The van der Waals surface area contributed by atoms with E-state index in [9.17, 15) is 9.18 Å². The first-order valence-corrected chi connectivity index (χ1v) is 7.25. The zero-order chi connectivity index (χ0) is 15.9. The second-order valence-corrected chi connectivity index (χ2v) is 5.94. The Morgan fingerprint density at radius 3 is 2.67 bits per heavy atom. The van der Waals surface area contributed by atoms with Gasteiger partial charge in [0.05, 0.1) is 13.0 Å². The van der Waals surface area contributed by atoms with Gasteiger partial charge in [-0.2, -0.15) is 0 Å². The molecule has 0 saturated heterocycles. The van der Waals surface area contributed by atoms with Crippen LogP contribution in [0.15, 0.2) is 24.3 Å². The molecule has 0 aliphatic rings. The molecule has 118 valence electrons. The summed E-state index contributed by atoms with van der Waals surface area (Å²) in [5, 5.41) is 2.94. The van der Waals surface area contributed by atoms with Gasteiger partial charge in [0.15, 0.2) is 11.6 Å². The van der Waals surface area contributed by atoms with Gasteiger partial charge in [0, 0.05) is 12.1 Å². The van der Waals surface area contributed by atoms with Crippen LogP contribution in [0.4, 0.5) is 4.39 Å². The molecule has 1 aromatic carbocycles. The van der Waals surface area contributed by atoms with Crippen LogP contribution in [-0.4, -0.2) is 24.6 Å². The lowest BCUT2D eigenvalue weighted by atomic mass is 9.90. The second-order valence-electron chi connectivity index (χ2n) is 5.94. The average molecular weight is 296 g/mol. The van der Waals surface area contributed by atoms with Crippen molar-refractivity contribution in [2.75, 3.05) is 13.2 Å². The Morgan fingerprint density at radius 2 is 2.10 bits per heavy atom. The van der Waals surface area contributed by atoms with E-state index in [-0.39, 0.29) is 24.7 Å². The minimum atomic E-state index is -0.426. The molecule has 0 heterocycles. The maximum Gasteiger partial charge on any atom is 0.223 e. The van der Waals surface area contributed by atoms with E-state index in [1.807, 2.05) is 6.92 Å². The van der Waals surface area contributed by atoms with Crippen molar-refractivity contribution in [2.45, 2.75) is 39.2 Å². The fraction of sp³-hybridized carbons (Fsp3) is 0.562. The van der Waals surface area contributed by atoms with Gasteiger partial charge in [-0.1, -0.05) is 26.0 Å². The molecule has 0 radical (unpaired) electrons. The molecule has 1 rings (SSSR count). The number of nitrogens with two attached hydrogens (primary N) is 1. The van der Waals surface area contributed by atoms with Gasteiger partial charge < -0.3 is 15.8 Å². The number of hydrogen-bond donors (Lipinski definition) is 2. The zero-order valence-electron chi connectivity index (χ0n) is 13.0. The molecule has 1 amide bonds. The highest BCUT2D eigenvalue weighted by molar-refractivity contribution is 5.76. The van der Waals surface area contributed by atoms with Gasteiger partial charge >= 0.3 is 0 Å². The smallest absolute Gasteiger partial charge is 0.223 e. The summed E-state index contributed by atoms with van der Waals surface area (Å²) in [6, 6.07) is 6.14. The lowest BCUT2D eigenvalue weighted by Gasteiger charge is -2.31. The number of rotatable bonds is 8. The Morgan fingerprint density at radius 1 is 1.43 bits per heavy atom. The summed E-state index contributed by atoms with van der Waals surface area (Å²) in [5.41, 5.74) is 5.33. The number of nitrogens with one attached hydrogen (secondary N) is 1. The van der Waals surface area contributed by atoms with Gasteiger partial charge in [-0.3, -0.25) is 4.79 Å². The van der Waals surface area contributed by atoms with Crippen LogP contribution in [0.2, 0.25) is 0 Å². The molecular weight excluding hydrogens is 271 g/mol. The van der Waals surface area contributed by atoms with Crippen molar-refractivity contribution in [2.24, 2.45) is 11.7 Å². The van der Waals surface area contributed by atoms with Crippen molar-refractivity contribution in [1.82, 2.24) is 5.32 Å². The largest absolute Gasteiger partial charge is 0.490 e. The fourth-order valence-electron chi connectivity index (χ4n) is 2.30. The summed E-state index contributed by atoms with van der Waals surface area (Å²) < 4.78 is 18.6. The fourth-order valence-corrected chi connectivity index (χ4v) is 2.30. The molecule has 0 spiro atoms. The van der Waals surface area contributed by atoms with Crippen LogP contribution >= 0.6 is 0 Å². The number of benzene rings is 1. The Labute approximate surface area is 125 Å². The molecule has 5 heteroatoms. The monoisotopic (exact) mass is 296 g/mol. The van der Waals surface area contributed by atoms with Crippen LogP contribution < -0.4 is 15.8 Å². The maximum absolute atomic E-state index is 13.3. The van der Waals surface area contributed by atoms with Crippen LogP contribution in [0, 0.1) is 11.7 Å². The van der Waals surface area contributed by atoms with Gasteiger partial charge in [-0.25, -0.2) is 4.39 Å². The molecular formula is C16H25FN2O2. The van der Waals surface area contributed by atoms with Crippen molar-refractivity contribution >= 4 is 5.91 Å². The predicted octanol–water partition coefficient (Wildman–Crippen LogP) is 2.47. The molecule has 0 fully saturated rings. The molecule has 1 atom stereocenters. The van der Waals surface area contributed by atoms with Crippen LogP contribution in [0.5, 0.6) is 5.75 Å². The standard InChI is InChI=1S/C16H25FN2O2/c1-12(2)10-16(3,11-18)19-15(20)8-9-21-14-7-5-4-6-13(14)17/h4-7,12H,8-11,18H2,1-3H3,(H,19,20). The van der Waals surface area contributed by atoms with Crippen LogP contribution in [0.25, 0.3) is 0 Å². The lowest BCUT2D eigenvalue weighted by Crippen LogP contribution is -2.52. The van der Waals surface area contributed by atoms with Crippen molar-refractivity contribution < 1.29 is 13.9 Å². The number of carbonyl (C=O) groups excluding carboxylic acids is 1.